The number of esters is 1. The molecule has 0 fully saturated rings. The molecule has 2 aliphatic rings. The fourth-order valence-corrected chi connectivity index (χ4v) is 4.98. The Bertz CT molecular complexity index is 1140. The van der Waals surface area contributed by atoms with Crippen LogP contribution in [0.25, 0.3) is 0 Å². The first-order valence-electron chi connectivity index (χ1n) is 10.3. The molecule has 1 heterocycles. The predicted molar refractivity (Wildman–Crippen MR) is 125 cm³/mol. The standard InChI is InChI=1S/C25H23Cl2NO4/c1-13-22(25(30)32-3)23(15-6-9-18(26)19(27)10-15)24-20(28-13)11-16(12-21(24)29)14-4-7-17(31-2)8-5-14/h4-10,16,22-23H,11-12H2,1-3H3/t16-,22?,23+/m0/s1. The quantitative estimate of drug-likeness (QED) is 0.532. The van der Waals surface area contributed by atoms with E-state index in [0.29, 0.717) is 34.2 Å². The van der Waals surface area contributed by atoms with Crippen molar-refractivity contribution < 1.29 is 19.1 Å². The fraction of sp³-hybridized carbons (Fsp3) is 0.320. The minimum Gasteiger partial charge on any atom is -0.497 e. The van der Waals surface area contributed by atoms with E-state index >= 15 is 0 Å². The molecule has 0 saturated heterocycles. The molecular weight excluding hydrogens is 449 g/mol. The van der Waals surface area contributed by atoms with E-state index in [4.69, 9.17) is 37.7 Å². The third-order valence-electron chi connectivity index (χ3n) is 6.23. The summed E-state index contributed by atoms with van der Waals surface area (Å²) in [5, 5.41) is 0.782. The maximum atomic E-state index is 13.5. The highest BCUT2D eigenvalue weighted by atomic mass is 35.5. The lowest BCUT2D eigenvalue weighted by atomic mass is 9.69. The number of hydrogen-bond acceptors (Lipinski definition) is 5. The van der Waals surface area contributed by atoms with Crippen LogP contribution in [0.1, 0.15) is 42.7 Å². The van der Waals surface area contributed by atoms with Crippen LogP contribution in [0.3, 0.4) is 0 Å². The molecule has 0 saturated carbocycles. The van der Waals surface area contributed by atoms with Crippen LogP contribution in [0, 0.1) is 5.92 Å². The average molecular weight is 472 g/mol. The molecule has 0 N–H and O–H groups in total. The van der Waals surface area contributed by atoms with Crippen LogP contribution in [-0.2, 0) is 14.3 Å². The van der Waals surface area contributed by atoms with Crippen molar-refractivity contribution in [2.45, 2.75) is 31.6 Å². The summed E-state index contributed by atoms with van der Waals surface area (Å²) >= 11 is 12.4. The van der Waals surface area contributed by atoms with Crippen LogP contribution in [-0.4, -0.2) is 31.7 Å². The third kappa shape index (κ3) is 4.07. The van der Waals surface area contributed by atoms with Crippen LogP contribution in [0.15, 0.2) is 58.7 Å². The molecule has 0 aromatic heterocycles. The zero-order valence-corrected chi connectivity index (χ0v) is 19.5. The van der Waals surface area contributed by atoms with E-state index in [0.717, 1.165) is 22.6 Å². The van der Waals surface area contributed by atoms with Gasteiger partial charge in [-0.05, 0) is 54.7 Å². The maximum Gasteiger partial charge on any atom is 0.315 e. The van der Waals surface area contributed by atoms with Crippen molar-refractivity contribution in [3.8, 4) is 5.75 Å². The van der Waals surface area contributed by atoms with Crippen LogP contribution < -0.4 is 4.74 Å². The number of Topliss-reactive ketones (excluding diaryl/α,β-unsaturated/α-hetero) is 1. The molecule has 3 atom stereocenters. The minimum absolute atomic E-state index is 0.00726. The molecule has 7 heteroatoms. The summed E-state index contributed by atoms with van der Waals surface area (Å²) in [6.07, 6.45) is 0.946. The second-order valence-electron chi connectivity index (χ2n) is 8.07. The van der Waals surface area contributed by atoms with Crippen LogP contribution in [0.2, 0.25) is 10.0 Å². The summed E-state index contributed by atoms with van der Waals surface area (Å²) in [6, 6.07) is 13.0. The monoisotopic (exact) mass is 471 g/mol. The van der Waals surface area contributed by atoms with E-state index in [2.05, 4.69) is 0 Å². The average Bonchev–Trinajstić information content (AvgIpc) is 2.79. The molecule has 1 aliphatic carbocycles. The normalized spacial score (nSPS) is 22.8. The van der Waals surface area contributed by atoms with Gasteiger partial charge in [0.1, 0.15) is 11.7 Å². The zero-order chi connectivity index (χ0) is 23.0. The number of aliphatic imine (C=N–C) groups is 1. The predicted octanol–water partition coefficient (Wildman–Crippen LogP) is 5.75. The summed E-state index contributed by atoms with van der Waals surface area (Å²) in [5.74, 6) is -0.894. The summed E-state index contributed by atoms with van der Waals surface area (Å²) in [6.45, 7) is 1.80. The van der Waals surface area contributed by atoms with Crippen molar-refractivity contribution in [2.24, 2.45) is 10.9 Å². The molecule has 32 heavy (non-hydrogen) atoms. The summed E-state index contributed by atoms with van der Waals surface area (Å²) in [5.41, 5.74) is 3.70. The van der Waals surface area contributed by atoms with E-state index in [1.165, 1.54) is 7.11 Å². The second-order valence-corrected chi connectivity index (χ2v) is 8.88. The van der Waals surface area contributed by atoms with Crippen molar-refractivity contribution in [3.63, 3.8) is 0 Å². The Hall–Kier alpha value is -2.63. The molecule has 0 spiro atoms. The number of benzene rings is 2. The van der Waals surface area contributed by atoms with E-state index in [1.807, 2.05) is 24.3 Å². The molecule has 2 aromatic rings. The molecule has 1 aliphatic heterocycles. The van der Waals surface area contributed by atoms with Gasteiger partial charge in [-0.3, -0.25) is 14.6 Å². The van der Waals surface area contributed by atoms with Crippen molar-refractivity contribution in [2.75, 3.05) is 14.2 Å². The Labute approximate surface area is 197 Å². The number of methoxy groups -OCH3 is 2. The Morgan fingerprint density at radius 2 is 1.69 bits per heavy atom. The Balaban J connectivity index is 1.79. The Kier molecular flexibility index (Phi) is 6.40. The molecular formula is C25H23Cl2NO4. The third-order valence-corrected chi connectivity index (χ3v) is 6.97. The highest BCUT2D eigenvalue weighted by Crippen LogP contribution is 2.47. The smallest absolute Gasteiger partial charge is 0.315 e. The Morgan fingerprint density at radius 1 is 1.00 bits per heavy atom. The molecule has 0 bridgehead atoms. The van der Waals surface area contributed by atoms with Gasteiger partial charge in [-0.2, -0.15) is 0 Å². The first-order chi connectivity index (χ1) is 15.3. The molecule has 0 amide bonds. The number of ketones is 1. The van der Waals surface area contributed by atoms with Gasteiger partial charge in [0, 0.05) is 29.3 Å². The van der Waals surface area contributed by atoms with Crippen LogP contribution >= 0.6 is 23.2 Å². The highest BCUT2D eigenvalue weighted by molar-refractivity contribution is 6.42. The topological polar surface area (TPSA) is 65.0 Å². The van der Waals surface area contributed by atoms with Gasteiger partial charge < -0.3 is 9.47 Å². The van der Waals surface area contributed by atoms with Crippen LogP contribution in [0.5, 0.6) is 5.75 Å². The zero-order valence-electron chi connectivity index (χ0n) is 18.0. The number of hydrogen-bond donors (Lipinski definition) is 0. The van der Waals surface area contributed by atoms with Gasteiger partial charge in [0.05, 0.1) is 24.3 Å². The van der Waals surface area contributed by atoms with E-state index in [9.17, 15) is 9.59 Å². The van der Waals surface area contributed by atoms with E-state index < -0.39 is 17.8 Å². The number of halogens is 2. The first-order valence-corrected chi connectivity index (χ1v) is 11.1. The number of rotatable bonds is 4. The number of nitrogens with zero attached hydrogens (tertiary/aromatic N) is 1. The number of allylic oxidation sites excluding steroid dienone is 2. The fourth-order valence-electron chi connectivity index (χ4n) is 4.67. The lowest BCUT2D eigenvalue weighted by molar-refractivity contribution is -0.143. The molecule has 4 rings (SSSR count). The number of carbonyl (C=O) groups is 2. The molecule has 0 radical (unpaired) electrons. The molecule has 2 aromatic carbocycles. The SMILES string of the molecule is COC(=O)C1C(C)=NC2=C(C(=O)C[C@@H](c3ccc(OC)cc3)C2)[C@@H]1c1ccc(Cl)c(Cl)c1. The lowest BCUT2D eigenvalue weighted by Crippen LogP contribution is -2.37. The summed E-state index contributed by atoms with van der Waals surface area (Å²) < 4.78 is 10.3. The second kappa shape index (κ2) is 9.08. The summed E-state index contributed by atoms with van der Waals surface area (Å²) in [4.78, 5) is 30.9. The lowest BCUT2D eigenvalue weighted by Gasteiger charge is -2.36. The van der Waals surface area contributed by atoms with Crippen molar-refractivity contribution in [1.29, 1.82) is 0 Å². The largest absolute Gasteiger partial charge is 0.497 e. The maximum absolute atomic E-state index is 13.5. The number of ether oxygens (including phenoxy) is 2. The minimum atomic E-state index is -0.697. The number of carbonyl (C=O) groups excluding carboxylic acids is 2. The van der Waals surface area contributed by atoms with Gasteiger partial charge in [0.15, 0.2) is 5.78 Å². The van der Waals surface area contributed by atoms with Gasteiger partial charge in [-0.25, -0.2) is 0 Å². The Morgan fingerprint density at radius 3 is 2.31 bits per heavy atom. The molecule has 166 valence electrons. The van der Waals surface area contributed by atoms with Gasteiger partial charge >= 0.3 is 5.97 Å². The van der Waals surface area contributed by atoms with Gasteiger partial charge in [-0.1, -0.05) is 41.4 Å². The highest BCUT2D eigenvalue weighted by Gasteiger charge is 2.44. The van der Waals surface area contributed by atoms with Crippen molar-refractivity contribution in [1.82, 2.24) is 0 Å². The van der Waals surface area contributed by atoms with E-state index in [1.54, 1.807) is 32.2 Å². The first kappa shape index (κ1) is 22.6. The van der Waals surface area contributed by atoms with Crippen molar-refractivity contribution >= 4 is 40.7 Å². The molecule has 5 nitrogen and oxygen atoms in total. The molecule has 1 unspecified atom stereocenters. The van der Waals surface area contributed by atoms with Crippen molar-refractivity contribution in [3.05, 3.63) is 74.9 Å². The van der Waals surface area contributed by atoms with Gasteiger partial charge in [-0.15, -0.1) is 0 Å². The van der Waals surface area contributed by atoms with E-state index in [-0.39, 0.29) is 11.7 Å². The van der Waals surface area contributed by atoms with Crippen LogP contribution in [0.4, 0.5) is 0 Å². The van der Waals surface area contributed by atoms with Gasteiger partial charge in [0.25, 0.3) is 0 Å². The summed E-state index contributed by atoms with van der Waals surface area (Å²) in [7, 11) is 2.96. The van der Waals surface area contributed by atoms with Gasteiger partial charge in [0.2, 0.25) is 0 Å².